The van der Waals surface area contributed by atoms with Gasteiger partial charge in [0.2, 0.25) is 0 Å². The molecule has 0 unspecified atom stereocenters. The molecular weight excluding hydrogens is 474 g/mol. The van der Waals surface area contributed by atoms with Gasteiger partial charge in [0, 0.05) is 10.5 Å². The van der Waals surface area contributed by atoms with E-state index in [4.69, 9.17) is 9.47 Å². The van der Waals surface area contributed by atoms with Crippen LogP contribution < -0.4 is 14.8 Å². The number of hydrogen-bond donors (Lipinski definition) is 1. The van der Waals surface area contributed by atoms with Gasteiger partial charge in [0.05, 0.1) is 23.8 Å². The minimum absolute atomic E-state index is 0.346. The number of alkyl halides is 2. The monoisotopic (exact) mass is 488 g/mol. The second-order valence-electron chi connectivity index (χ2n) is 5.76. The minimum Gasteiger partial charge on any atom is -0.493 e. The number of nitro groups is 1. The maximum atomic E-state index is 12.5. The lowest BCUT2D eigenvalue weighted by molar-refractivity contribution is -0.385. The number of hydrogen-bond acceptors (Lipinski definition) is 7. The molecule has 0 saturated heterocycles. The number of carbonyl (C=O) groups is 2. The molecule has 0 aromatic heterocycles. The van der Waals surface area contributed by atoms with Gasteiger partial charge < -0.3 is 19.5 Å². The summed E-state index contributed by atoms with van der Waals surface area (Å²) in [6, 6.07) is 6.60. The molecule has 0 fully saturated rings. The second-order valence-corrected chi connectivity index (χ2v) is 6.62. The van der Waals surface area contributed by atoms with Crippen molar-refractivity contribution in [2.75, 3.05) is 19.0 Å². The number of esters is 1. The Morgan fingerprint density at radius 2 is 1.93 bits per heavy atom. The van der Waals surface area contributed by atoms with Gasteiger partial charge in [-0.05, 0) is 40.5 Å². The summed E-state index contributed by atoms with van der Waals surface area (Å²) in [5.41, 5.74) is -0.0597. The van der Waals surface area contributed by atoms with Crippen LogP contribution in [0.4, 0.5) is 20.2 Å². The van der Waals surface area contributed by atoms with Crippen molar-refractivity contribution >= 4 is 39.2 Å². The Kier molecular flexibility index (Phi) is 7.64. The van der Waals surface area contributed by atoms with Gasteiger partial charge in [-0.3, -0.25) is 14.9 Å². The molecule has 1 amide bonds. The van der Waals surface area contributed by atoms with E-state index in [-0.39, 0.29) is 5.75 Å². The van der Waals surface area contributed by atoms with E-state index in [1.165, 1.54) is 0 Å². The van der Waals surface area contributed by atoms with Gasteiger partial charge in [0.15, 0.2) is 18.1 Å². The molecule has 0 saturated carbocycles. The second kappa shape index (κ2) is 9.96. The predicted octanol–water partition coefficient (Wildman–Crippen LogP) is 4.07. The number of aryl methyl sites for hydroxylation is 1. The van der Waals surface area contributed by atoms with Crippen LogP contribution in [0.5, 0.6) is 11.5 Å². The topological polar surface area (TPSA) is 117 Å². The quantitative estimate of drug-likeness (QED) is 0.338. The van der Waals surface area contributed by atoms with Crippen molar-refractivity contribution in [2.45, 2.75) is 13.5 Å². The van der Waals surface area contributed by atoms with E-state index in [0.29, 0.717) is 16.2 Å². The molecule has 12 heteroatoms. The maximum absolute atomic E-state index is 12.5. The van der Waals surface area contributed by atoms with Crippen LogP contribution in [0.1, 0.15) is 15.9 Å². The Bertz CT molecular complexity index is 985. The summed E-state index contributed by atoms with van der Waals surface area (Å²) in [5.74, 6) is -2.89. The SMILES string of the molecule is COc1cc(C(=O)OCC(=O)Nc2ccc(C)cc2Br)c([N+](=O)[O-])cc1OC(F)F. The van der Waals surface area contributed by atoms with Crippen LogP contribution >= 0.6 is 15.9 Å². The average molecular weight is 489 g/mol. The Balaban J connectivity index is 2.17. The number of amides is 1. The molecule has 0 spiro atoms. The van der Waals surface area contributed by atoms with Crippen LogP contribution in [-0.2, 0) is 9.53 Å². The number of benzene rings is 2. The van der Waals surface area contributed by atoms with E-state index in [1.54, 1.807) is 18.2 Å². The van der Waals surface area contributed by atoms with Crippen molar-refractivity contribution in [3.8, 4) is 11.5 Å². The molecule has 0 heterocycles. The lowest BCUT2D eigenvalue weighted by atomic mass is 10.1. The Hall–Kier alpha value is -3.28. The molecular formula is C18H15BrF2N2O7. The number of nitrogens with one attached hydrogen (secondary N) is 1. The lowest BCUT2D eigenvalue weighted by Gasteiger charge is -2.12. The van der Waals surface area contributed by atoms with Crippen molar-refractivity contribution in [3.63, 3.8) is 0 Å². The molecule has 30 heavy (non-hydrogen) atoms. The first-order chi connectivity index (χ1) is 14.1. The maximum Gasteiger partial charge on any atom is 0.387 e. The summed E-state index contributed by atoms with van der Waals surface area (Å²) in [6.45, 7) is -2.15. The van der Waals surface area contributed by atoms with Crippen LogP contribution in [0.15, 0.2) is 34.8 Å². The third-order valence-electron chi connectivity index (χ3n) is 3.65. The van der Waals surface area contributed by atoms with E-state index >= 15 is 0 Å². The fraction of sp³-hybridized carbons (Fsp3) is 0.222. The Labute approximate surface area is 177 Å². The lowest BCUT2D eigenvalue weighted by Crippen LogP contribution is -2.21. The normalized spacial score (nSPS) is 10.5. The smallest absolute Gasteiger partial charge is 0.387 e. The zero-order chi connectivity index (χ0) is 22.4. The molecule has 2 aromatic rings. The van der Waals surface area contributed by atoms with E-state index < -0.39 is 47.0 Å². The van der Waals surface area contributed by atoms with Gasteiger partial charge in [0.25, 0.3) is 11.6 Å². The molecule has 0 bridgehead atoms. The molecule has 0 atom stereocenters. The highest BCUT2D eigenvalue weighted by Gasteiger charge is 2.27. The summed E-state index contributed by atoms with van der Waals surface area (Å²) in [5, 5.41) is 13.7. The molecule has 1 N–H and O–H groups in total. The number of ether oxygens (including phenoxy) is 3. The fourth-order valence-electron chi connectivity index (χ4n) is 2.33. The van der Waals surface area contributed by atoms with E-state index in [1.807, 2.05) is 6.92 Å². The first-order valence-corrected chi connectivity index (χ1v) is 8.96. The molecule has 0 aliphatic carbocycles. The number of halogens is 3. The van der Waals surface area contributed by atoms with E-state index in [9.17, 15) is 28.5 Å². The van der Waals surface area contributed by atoms with Crippen LogP contribution in [0, 0.1) is 17.0 Å². The van der Waals surface area contributed by atoms with Gasteiger partial charge in [-0.25, -0.2) is 4.79 Å². The third kappa shape index (κ3) is 5.86. The first kappa shape index (κ1) is 23.0. The number of nitro benzene ring substituents is 1. The van der Waals surface area contributed by atoms with Gasteiger partial charge in [0.1, 0.15) is 5.56 Å². The van der Waals surface area contributed by atoms with Crippen molar-refractivity contribution < 1.29 is 37.5 Å². The highest BCUT2D eigenvalue weighted by molar-refractivity contribution is 9.10. The summed E-state index contributed by atoms with van der Waals surface area (Å²) < 4.78 is 39.4. The molecule has 0 aliphatic rings. The summed E-state index contributed by atoms with van der Waals surface area (Å²) >= 11 is 3.28. The number of rotatable bonds is 8. The molecule has 0 radical (unpaired) electrons. The van der Waals surface area contributed by atoms with Crippen LogP contribution in [0.3, 0.4) is 0 Å². The van der Waals surface area contributed by atoms with Crippen molar-refractivity contribution in [1.29, 1.82) is 0 Å². The van der Waals surface area contributed by atoms with Gasteiger partial charge >= 0.3 is 12.6 Å². The Morgan fingerprint density at radius 3 is 2.50 bits per heavy atom. The average Bonchev–Trinajstić information content (AvgIpc) is 2.67. The summed E-state index contributed by atoms with van der Waals surface area (Å²) in [4.78, 5) is 34.6. The summed E-state index contributed by atoms with van der Waals surface area (Å²) in [7, 11) is 1.10. The summed E-state index contributed by atoms with van der Waals surface area (Å²) in [6.07, 6.45) is 0. The zero-order valence-electron chi connectivity index (χ0n) is 15.6. The van der Waals surface area contributed by atoms with Crippen LogP contribution in [0.2, 0.25) is 0 Å². The zero-order valence-corrected chi connectivity index (χ0v) is 17.2. The standard InChI is InChI=1S/C18H15BrF2N2O7/c1-9-3-4-12(11(19)5-9)22-16(24)8-29-17(25)10-6-14(28-2)15(30-18(20)21)7-13(10)23(26)27/h3-7,18H,8H2,1-2H3,(H,22,24). The van der Waals surface area contributed by atoms with Crippen molar-refractivity contribution in [1.82, 2.24) is 0 Å². The molecule has 2 rings (SSSR count). The van der Waals surface area contributed by atoms with Gasteiger partial charge in [-0.2, -0.15) is 8.78 Å². The molecule has 0 aliphatic heterocycles. The highest BCUT2D eigenvalue weighted by atomic mass is 79.9. The van der Waals surface area contributed by atoms with Crippen molar-refractivity contribution in [3.05, 3.63) is 56.0 Å². The number of nitrogens with zero attached hydrogens (tertiary/aromatic N) is 1. The van der Waals surface area contributed by atoms with E-state index in [2.05, 4.69) is 26.0 Å². The van der Waals surface area contributed by atoms with Gasteiger partial charge in [-0.1, -0.05) is 6.07 Å². The number of methoxy groups -OCH3 is 1. The highest BCUT2D eigenvalue weighted by Crippen LogP contribution is 2.36. The van der Waals surface area contributed by atoms with Crippen LogP contribution in [0.25, 0.3) is 0 Å². The number of carbonyl (C=O) groups excluding carboxylic acids is 2. The molecule has 9 nitrogen and oxygen atoms in total. The minimum atomic E-state index is -3.26. The molecule has 2 aromatic carbocycles. The van der Waals surface area contributed by atoms with E-state index in [0.717, 1.165) is 18.7 Å². The van der Waals surface area contributed by atoms with Crippen molar-refractivity contribution in [2.24, 2.45) is 0 Å². The van der Waals surface area contributed by atoms with Gasteiger partial charge in [-0.15, -0.1) is 0 Å². The Morgan fingerprint density at radius 1 is 1.23 bits per heavy atom. The predicted molar refractivity (Wildman–Crippen MR) is 104 cm³/mol. The first-order valence-electron chi connectivity index (χ1n) is 8.16. The van der Waals surface area contributed by atoms with Crippen LogP contribution in [-0.4, -0.2) is 37.1 Å². The fourth-order valence-corrected chi connectivity index (χ4v) is 2.92. The molecule has 160 valence electrons. The number of anilines is 1. The largest absolute Gasteiger partial charge is 0.493 e. The third-order valence-corrected chi connectivity index (χ3v) is 4.30.